The van der Waals surface area contributed by atoms with Gasteiger partial charge in [0.15, 0.2) is 5.84 Å². The van der Waals surface area contributed by atoms with Gasteiger partial charge in [0.25, 0.3) is 0 Å². The van der Waals surface area contributed by atoms with E-state index in [2.05, 4.69) is 23.9 Å². The Kier molecular flexibility index (Phi) is 3.43. The lowest BCUT2D eigenvalue weighted by Gasteiger charge is -2.44. The average molecular weight is 249 g/mol. The van der Waals surface area contributed by atoms with Crippen LogP contribution in [0.25, 0.3) is 0 Å². The van der Waals surface area contributed by atoms with Crippen LogP contribution in [-0.4, -0.2) is 36.3 Å². The SMILES string of the molecule is CC1(C)COCCN1c1ccccc1C(N)=NO. The highest BCUT2D eigenvalue weighted by molar-refractivity contribution is 6.02. The molecule has 5 heteroatoms. The molecule has 1 aromatic rings. The first kappa shape index (κ1) is 12.7. The molecule has 1 saturated heterocycles. The summed E-state index contributed by atoms with van der Waals surface area (Å²) in [5, 5.41) is 12.0. The molecule has 1 aliphatic rings. The Morgan fingerprint density at radius 2 is 2.17 bits per heavy atom. The highest BCUT2D eigenvalue weighted by atomic mass is 16.5. The van der Waals surface area contributed by atoms with Crippen LogP contribution in [-0.2, 0) is 4.74 Å². The van der Waals surface area contributed by atoms with Gasteiger partial charge in [-0.05, 0) is 26.0 Å². The predicted octanol–water partition coefficient (Wildman–Crippen LogP) is 1.40. The maximum Gasteiger partial charge on any atom is 0.172 e. The summed E-state index contributed by atoms with van der Waals surface area (Å²) in [6, 6.07) is 7.68. The molecule has 0 atom stereocenters. The molecule has 0 unspecified atom stereocenters. The van der Waals surface area contributed by atoms with E-state index in [9.17, 15) is 0 Å². The minimum Gasteiger partial charge on any atom is -0.409 e. The molecule has 0 saturated carbocycles. The fraction of sp³-hybridized carbons (Fsp3) is 0.462. The van der Waals surface area contributed by atoms with Crippen LogP contribution in [0, 0.1) is 0 Å². The fourth-order valence-electron chi connectivity index (χ4n) is 2.28. The molecule has 18 heavy (non-hydrogen) atoms. The van der Waals surface area contributed by atoms with Crippen LogP contribution in [0.2, 0.25) is 0 Å². The van der Waals surface area contributed by atoms with E-state index in [4.69, 9.17) is 15.7 Å². The predicted molar refractivity (Wildman–Crippen MR) is 71.2 cm³/mol. The Labute approximate surface area is 107 Å². The van der Waals surface area contributed by atoms with Gasteiger partial charge in [0.05, 0.1) is 18.8 Å². The molecule has 1 aliphatic heterocycles. The number of hydrogen-bond acceptors (Lipinski definition) is 4. The number of oxime groups is 1. The molecular formula is C13H19N3O2. The number of amidine groups is 1. The van der Waals surface area contributed by atoms with Gasteiger partial charge < -0.3 is 20.6 Å². The monoisotopic (exact) mass is 249 g/mol. The smallest absolute Gasteiger partial charge is 0.172 e. The van der Waals surface area contributed by atoms with Crippen LogP contribution in [0.4, 0.5) is 5.69 Å². The summed E-state index contributed by atoms with van der Waals surface area (Å²) in [5.41, 5.74) is 7.34. The molecule has 0 aromatic heterocycles. The lowest BCUT2D eigenvalue weighted by Crippen LogP contribution is -2.53. The van der Waals surface area contributed by atoms with E-state index in [0.29, 0.717) is 13.2 Å². The van der Waals surface area contributed by atoms with E-state index in [1.165, 1.54) is 0 Å². The number of nitrogens with two attached hydrogens (primary N) is 1. The van der Waals surface area contributed by atoms with Gasteiger partial charge in [-0.1, -0.05) is 17.3 Å². The first-order valence-corrected chi connectivity index (χ1v) is 5.98. The molecule has 1 fully saturated rings. The van der Waals surface area contributed by atoms with Gasteiger partial charge in [-0.2, -0.15) is 0 Å². The summed E-state index contributed by atoms with van der Waals surface area (Å²) < 4.78 is 5.51. The van der Waals surface area contributed by atoms with E-state index in [1.54, 1.807) is 0 Å². The molecule has 3 N–H and O–H groups in total. The fourth-order valence-corrected chi connectivity index (χ4v) is 2.28. The minimum absolute atomic E-state index is 0.107. The molecule has 1 heterocycles. The quantitative estimate of drug-likeness (QED) is 0.360. The number of morpholine rings is 1. The summed E-state index contributed by atoms with van der Waals surface area (Å²) in [4.78, 5) is 2.24. The van der Waals surface area contributed by atoms with Crippen molar-refractivity contribution in [2.75, 3.05) is 24.7 Å². The first-order valence-electron chi connectivity index (χ1n) is 5.98. The van der Waals surface area contributed by atoms with Gasteiger partial charge >= 0.3 is 0 Å². The summed E-state index contributed by atoms with van der Waals surface area (Å²) in [7, 11) is 0. The third kappa shape index (κ3) is 2.26. The molecule has 0 amide bonds. The largest absolute Gasteiger partial charge is 0.409 e. The number of para-hydroxylation sites is 1. The summed E-state index contributed by atoms with van der Waals surface area (Å²) >= 11 is 0. The third-order valence-corrected chi connectivity index (χ3v) is 3.22. The number of benzene rings is 1. The number of nitrogens with zero attached hydrogens (tertiary/aromatic N) is 2. The molecule has 0 spiro atoms. The van der Waals surface area contributed by atoms with Crippen molar-refractivity contribution in [2.24, 2.45) is 10.9 Å². The van der Waals surface area contributed by atoms with E-state index in [0.717, 1.165) is 17.8 Å². The van der Waals surface area contributed by atoms with E-state index >= 15 is 0 Å². The highest BCUT2D eigenvalue weighted by Crippen LogP contribution is 2.29. The Morgan fingerprint density at radius 1 is 1.44 bits per heavy atom. The Balaban J connectivity index is 2.44. The number of rotatable bonds is 2. The van der Waals surface area contributed by atoms with Gasteiger partial charge in [0.2, 0.25) is 0 Å². The number of hydrogen-bond donors (Lipinski definition) is 2. The number of ether oxygens (including phenoxy) is 1. The Morgan fingerprint density at radius 3 is 2.83 bits per heavy atom. The van der Waals surface area contributed by atoms with E-state index in [1.807, 2.05) is 24.3 Å². The molecule has 0 bridgehead atoms. The molecule has 1 aromatic carbocycles. The van der Waals surface area contributed by atoms with E-state index in [-0.39, 0.29) is 11.4 Å². The van der Waals surface area contributed by atoms with Crippen molar-refractivity contribution in [1.29, 1.82) is 0 Å². The third-order valence-electron chi connectivity index (χ3n) is 3.22. The lowest BCUT2D eigenvalue weighted by molar-refractivity contribution is 0.0644. The van der Waals surface area contributed by atoms with Gasteiger partial charge in [0.1, 0.15) is 0 Å². The zero-order chi connectivity index (χ0) is 13.2. The van der Waals surface area contributed by atoms with Crippen molar-refractivity contribution < 1.29 is 9.94 Å². The van der Waals surface area contributed by atoms with Crippen molar-refractivity contribution in [3.8, 4) is 0 Å². The van der Waals surface area contributed by atoms with Crippen molar-refractivity contribution in [1.82, 2.24) is 0 Å². The second-order valence-corrected chi connectivity index (χ2v) is 5.02. The van der Waals surface area contributed by atoms with Crippen molar-refractivity contribution in [3.05, 3.63) is 29.8 Å². The zero-order valence-corrected chi connectivity index (χ0v) is 10.8. The van der Waals surface area contributed by atoms with Gasteiger partial charge in [-0.15, -0.1) is 0 Å². The van der Waals surface area contributed by atoms with Crippen LogP contribution in [0.3, 0.4) is 0 Å². The second kappa shape index (κ2) is 4.86. The molecule has 0 radical (unpaired) electrons. The maximum absolute atomic E-state index is 8.86. The lowest BCUT2D eigenvalue weighted by atomic mass is 9.99. The van der Waals surface area contributed by atoms with Crippen LogP contribution in [0.1, 0.15) is 19.4 Å². The standard InChI is InChI=1S/C13H19N3O2/c1-13(2)9-18-8-7-16(13)11-6-4-3-5-10(11)12(14)15-17/h3-6,17H,7-9H2,1-2H3,(H2,14,15). The summed E-state index contributed by atoms with van der Waals surface area (Å²) in [6.07, 6.45) is 0. The van der Waals surface area contributed by atoms with E-state index < -0.39 is 0 Å². The van der Waals surface area contributed by atoms with Crippen molar-refractivity contribution in [2.45, 2.75) is 19.4 Å². The molecule has 2 rings (SSSR count). The van der Waals surface area contributed by atoms with Crippen molar-refractivity contribution >= 4 is 11.5 Å². The van der Waals surface area contributed by atoms with Gasteiger partial charge in [0, 0.05) is 17.8 Å². The first-order chi connectivity index (χ1) is 8.56. The molecule has 98 valence electrons. The summed E-state index contributed by atoms with van der Waals surface area (Å²) in [5.74, 6) is 0.132. The Hall–Kier alpha value is -1.75. The van der Waals surface area contributed by atoms with Crippen LogP contribution in [0.15, 0.2) is 29.4 Å². The van der Waals surface area contributed by atoms with Crippen LogP contribution in [0.5, 0.6) is 0 Å². The summed E-state index contributed by atoms with van der Waals surface area (Å²) in [6.45, 7) is 6.39. The maximum atomic E-state index is 8.86. The van der Waals surface area contributed by atoms with Crippen LogP contribution < -0.4 is 10.6 Å². The molecule has 5 nitrogen and oxygen atoms in total. The zero-order valence-electron chi connectivity index (χ0n) is 10.8. The topological polar surface area (TPSA) is 71.1 Å². The average Bonchev–Trinajstić information content (AvgIpc) is 2.37. The van der Waals surface area contributed by atoms with Gasteiger partial charge in [-0.25, -0.2) is 0 Å². The molecule has 0 aliphatic carbocycles. The minimum atomic E-state index is -0.107. The highest BCUT2D eigenvalue weighted by Gasteiger charge is 2.32. The molecular weight excluding hydrogens is 230 g/mol. The van der Waals surface area contributed by atoms with Crippen molar-refractivity contribution in [3.63, 3.8) is 0 Å². The van der Waals surface area contributed by atoms with Gasteiger partial charge in [-0.3, -0.25) is 0 Å². The Bertz CT molecular complexity index is 457. The number of anilines is 1. The normalized spacial score (nSPS) is 19.9. The van der Waals surface area contributed by atoms with Crippen LogP contribution >= 0.6 is 0 Å². The second-order valence-electron chi connectivity index (χ2n) is 5.02.